The second-order valence-corrected chi connectivity index (χ2v) is 5.47. The molecule has 0 saturated heterocycles. The molecular weight excluding hydrogens is 270 g/mol. The molecule has 0 aromatic heterocycles. The van der Waals surface area contributed by atoms with Gasteiger partial charge in [0, 0.05) is 13.1 Å². The average molecular weight is 291 g/mol. The molecule has 5 nitrogen and oxygen atoms in total. The van der Waals surface area contributed by atoms with Crippen molar-refractivity contribution >= 4 is 11.8 Å². The van der Waals surface area contributed by atoms with E-state index in [1.165, 1.54) is 19.8 Å². The Balaban J connectivity index is 1.86. The van der Waals surface area contributed by atoms with Crippen LogP contribution in [0.1, 0.15) is 30.1 Å². The summed E-state index contributed by atoms with van der Waals surface area (Å²) in [5.41, 5.74) is 0.560. The van der Waals surface area contributed by atoms with Gasteiger partial charge in [-0.05, 0) is 37.8 Å². The van der Waals surface area contributed by atoms with Crippen LogP contribution >= 0.6 is 0 Å². The van der Waals surface area contributed by atoms with Crippen LogP contribution in [0.5, 0.6) is 5.75 Å². The van der Waals surface area contributed by atoms with Crippen molar-refractivity contribution in [1.29, 1.82) is 0 Å². The molecule has 0 heterocycles. The molecule has 1 saturated carbocycles. The largest absolute Gasteiger partial charge is 0.491 e. The zero-order valence-corrected chi connectivity index (χ0v) is 12.2. The molecule has 0 atom stereocenters. The lowest BCUT2D eigenvalue weighted by molar-refractivity contribution is -0.138. The number of ketones is 1. The number of rotatable bonds is 9. The zero-order valence-electron chi connectivity index (χ0n) is 12.2. The zero-order chi connectivity index (χ0) is 15.2. The molecule has 2 rings (SSSR count). The third kappa shape index (κ3) is 5.19. The van der Waals surface area contributed by atoms with E-state index < -0.39 is 5.97 Å². The first-order valence-corrected chi connectivity index (χ1v) is 7.23. The van der Waals surface area contributed by atoms with E-state index in [1.54, 1.807) is 18.2 Å². The lowest BCUT2D eigenvalue weighted by Gasteiger charge is -2.20. The maximum atomic E-state index is 11.5. The van der Waals surface area contributed by atoms with E-state index in [9.17, 15) is 9.59 Å². The highest BCUT2D eigenvalue weighted by Crippen LogP contribution is 2.29. The third-order valence-corrected chi connectivity index (χ3v) is 3.50. The molecular formula is C16H21NO4. The van der Waals surface area contributed by atoms with Gasteiger partial charge in [0.1, 0.15) is 12.4 Å². The van der Waals surface area contributed by atoms with Gasteiger partial charge in [-0.1, -0.05) is 12.1 Å². The standard InChI is InChI=1S/C16H21NO4/c1-12(18)14-4-2-3-5-15(14)21-9-8-17(11-16(19)20)10-13-6-7-13/h2-5,13H,6-11H2,1H3,(H,19,20). The van der Waals surface area contributed by atoms with E-state index in [4.69, 9.17) is 9.84 Å². The lowest BCUT2D eigenvalue weighted by Crippen LogP contribution is -2.35. The fourth-order valence-corrected chi connectivity index (χ4v) is 2.26. The number of Topliss-reactive ketones (excluding diaryl/α,β-unsaturated/α-hetero) is 1. The summed E-state index contributed by atoms with van der Waals surface area (Å²) >= 11 is 0. The van der Waals surface area contributed by atoms with E-state index in [2.05, 4.69) is 0 Å². The predicted octanol–water partition coefficient (Wildman–Crippen LogP) is 2.06. The fourth-order valence-electron chi connectivity index (χ4n) is 2.26. The molecule has 1 fully saturated rings. The van der Waals surface area contributed by atoms with Crippen LogP contribution in [0.25, 0.3) is 0 Å². The first-order valence-electron chi connectivity index (χ1n) is 7.23. The van der Waals surface area contributed by atoms with Crippen LogP contribution in [-0.2, 0) is 4.79 Å². The van der Waals surface area contributed by atoms with Crippen LogP contribution in [0.4, 0.5) is 0 Å². The molecule has 0 unspecified atom stereocenters. The average Bonchev–Trinajstić information content (AvgIpc) is 3.22. The van der Waals surface area contributed by atoms with Crippen LogP contribution in [0, 0.1) is 5.92 Å². The third-order valence-electron chi connectivity index (χ3n) is 3.50. The van der Waals surface area contributed by atoms with Gasteiger partial charge in [0.05, 0.1) is 12.1 Å². The van der Waals surface area contributed by atoms with E-state index >= 15 is 0 Å². The molecule has 1 aliphatic rings. The highest BCUT2D eigenvalue weighted by molar-refractivity contribution is 5.96. The fraction of sp³-hybridized carbons (Fsp3) is 0.500. The van der Waals surface area contributed by atoms with Gasteiger partial charge in [0.2, 0.25) is 0 Å². The summed E-state index contributed by atoms with van der Waals surface area (Å²) in [6, 6.07) is 7.12. The van der Waals surface area contributed by atoms with Gasteiger partial charge in [-0.2, -0.15) is 0 Å². The topological polar surface area (TPSA) is 66.8 Å². The summed E-state index contributed by atoms with van der Waals surface area (Å²) in [4.78, 5) is 24.3. The predicted molar refractivity (Wildman–Crippen MR) is 78.7 cm³/mol. The molecule has 0 bridgehead atoms. The van der Waals surface area contributed by atoms with Gasteiger partial charge in [-0.25, -0.2) is 0 Å². The van der Waals surface area contributed by atoms with Crippen molar-refractivity contribution in [1.82, 2.24) is 4.90 Å². The number of carboxylic acids is 1. The van der Waals surface area contributed by atoms with E-state index in [0.717, 1.165) is 6.54 Å². The van der Waals surface area contributed by atoms with Gasteiger partial charge < -0.3 is 9.84 Å². The van der Waals surface area contributed by atoms with Crippen LogP contribution in [-0.4, -0.2) is 48.0 Å². The van der Waals surface area contributed by atoms with E-state index in [0.29, 0.717) is 30.4 Å². The number of carbonyl (C=O) groups excluding carboxylic acids is 1. The number of ether oxygens (including phenoxy) is 1. The number of nitrogens with zero attached hydrogens (tertiary/aromatic N) is 1. The van der Waals surface area contributed by atoms with Crippen molar-refractivity contribution < 1.29 is 19.4 Å². The van der Waals surface area contributed by atoms with Crippen molar-refractivity contribution in [2.24, 2.45) is 5.92 Å². The monoisotopic (exact) mass is 291 g/mol. The summed E-state index contributed by atoms with van der Waals surface area (Å²) in [6.45, 7) is 3.28. The number of benzene rings is 1. The minimum Gasteiger partial charge on any atom is -0.491 e. The highest BCUT2D eigenvalue weighted by Gasteiger charge is 2.25. The molecule has 5 heteroatoms. The van der Waals surface area contributed by atoms with Gasteiger partial charge >= 0.3 is 5.97 Å². The maximum Gasteiger partial charge on any atom is 0.317 e. The highest BCUT2D eigenvalue weighted by atomic mass is 16.5. The van der Waals surface area contributed by atoms with Crippen molar-refractivity contribution in [2.75, 3.05) is 26.2 Å². The Kier molecular flexibility index (Phi) is 5.33. The molecule has 0 amide bonds. The van der Waals surface area contributed by atoms with Crippen molar-refractivity contribution in [3.05, 3.63) is 29.8 Å². The number of carboxylic acid groups (broad SMARTS) is 1. The lowest BCUT2D eigenvalue weighted by atomic mass is 10.1. The van der Waals surface area contributed by atoms with Gasteiger partial charge in [-0.15, -0.1) is 0 Å². The van der Waals surface area contributed by atoms with Crippen LogP contribution in [0.15, 0.2) is 24.3 Å². The number of hydrogen-bond donors (Lipinski definition) is 1. The SMILES string of the molecule is CC(=O)c1ccccc1OCCN(CC(=O)O)CC1CC1. The Bertz CT molecular complexity index is 511. The molecule has 21 heavy (non-hydrogen) atoms. The number of hydrogen-bond acceptors (Lipinski definition) is 4. The first kappa shape index (κ1) is 15.5. The molecule has 1 aromatic carbocycles. The van der Waals surface area contributed by atoms with Crippen LogP contribution in [0.2, 0.25) is 0 Å². The molecule has 1 N–H and O–H groups in total. The van der Waals surface area contributed by atoms with Gasteiger partial charge in [-0.3, -0.25) is 14.5 Å². The Hall–Kier alpha value is -1.88. The molecule has 114 valence electrons. The molecule has 0 radical (unpaired) electrons. The smallest absolute Gasteiger partial charge is 0.317 e. The summed E-state index contributed by atoms with van der Waals surface area (Å²) in [6.07, 6.45) is 2.37. The number of carbonyl (C=O) groups is 2. The van der Waals surface area contributed by atoms with Crippen molar-refractivity contribution in [3.63, 3.8) is 0 Å². The summed E-state index contributed by atoms with van der Waals surface area (Å²) in [7, 11) is 0. The number of para-hydroxylation sites is 1. The maximum absolute atomic E-state index is 11.5. The van der Waals surface area contributed by atoms with Crippen molar-refractivity contribution in [2.45, 2.75) is 19.8 Å². The summed E-state index contributed by atoms with van der Waals surface area (Å²) in [5, 5.41) is 8.92. The van der Waals surface area contributed by atoms with E-state index in [-0.39, 0.29) is 12.3 Å². The van der Waals surface area contributed by atoms with Gasteiger partial charge in [0.25, 0.3) is 0 Å². The minimum atomic E-state index is -0.820. The van der Waals surface area contributed by atoms with Crippen LogP contribution in [0.3, 0.4) is 0 Å². The molecule has 1 aromatic rings. The van der Waals surface area contributed by atoms with E-state index in [1.807, 2.05) is 11.0 Å². The first-order chi connectivity index (χ1) is 10.1. The molecule has 0 spiro atoms. The Morgan fingerprint density at radius 3 is 2.67 bits per heavy atom. The normalized spacial score (nSPS) is 14.2. The molecule has 1 aliphatic carbocycles. The van der Waals surface area contributed by atoms with Crippen molar-refractivity contribution in [3.8, 4) is 5.75 Å². The summed E-state index contributed by atoms with van der Waals surface area (Å²) in [5.74, 6) is 0.339. The second kappa shape index (κ2) is 7.22. The number of aliphatic carboxylic acids is 1. The van der Waals surface area contributed by atoms with Gasteiger partial charge in [0.15, 0.2) is 5.78 Å². The minimum absolute atomic E-state index is 0.0359. The summed E-state index contributed by atoms with van der Waals surface area (Å²) < 4.78 is 5.66. The molecule has 0 aliphatic heterocycles. The quantitative estimate of drug-likeness (QED) is 0.705. The Morgan fingerprint density at radius 1 is 1.33 bits per heavy atom. The van der Waals surface area contributed by atoms with Crippen LogP contribution < -0.4 is 4.74 Å². The second-order valence-electron chi connectivity index (χ2n) is 5.47. The Labute approximate surface area is 124 Å². The Morgan fingerprint density at radius 2 is 2.05 bits per heavy atom.